The Balaban J connectivity index is 1.91. The molecule has 20 heavy (non-hydrogen) atoms. The number of anilines is 1. The molecule has 1 amide bonds. The standard InChI is InChI=1S/C14H16ClN3OS/c1-9(2)7-13-17-18-14(20-13)16-12(19)8-10-3-5-11(15)6-4-10/h3-6,9H,7-8H2,1-2H3,(H,16,18,19). The van der Waals surface area contributed by atoms with E-state index in [9.17, 15) is 4.79 Å². The second-order valence-corrected chi connectivity index (χ2v) is 6.45. The molecular formula is C14H16ClN3OS. The molecule has 6 heteroatoms. The van der Waals surface area contributed by atoms with Crippen molar-refractivity contribution in [1.29, 1.82) is 0 Å². The minimum atomic E-state index is -0.0976. The monoisotopic (exact) mass is 309 g/mol. The summed E-state index contributed by atoms with van der Waals surface area (Å²) >= 11 is 7.23. The Labute approximate surface area is 127 Å². The molecule has 0 spiro atoms. The van der Waals surface area contributed by atoms with E-state index in [1.807, 2.05) is 12.1 Å². The Bertz CT molecular complexity index is 580. The van der Waals surface area contributed by atoms with Crippen LogP contribution in [0, 0.1) is 5.92 Å². The fourth-order valence-electron chi connectivity index (χ4n) is 1.69. The summed E-state index contributed by atoms with van der Waals surface area (Å²) in [6, 6.07) is 7.23. The van der Waals surface area contributed by atoms with Crippen molar-refractivity contribution in [3.63, 3.8) is 0 Å². The summed E-state index contributed by atoms with van der Waals surface area (Å²) < 4.78 is 0. The van der Waals surface area contributed by atoms with Crippen LogP contribution in [0.5, 0.6) is 0 Å². The fraction of sp³-hybridized carbons (Fsp3) is 0.357. The van der Waals surface area contributed by atoms with Crippen molar-refractivity contribution in [3.8, 4) is 0 Å². The second kappa shape index (κ2) is 6.81. The largest absolute Gasteiger partial charge is 0.300 e. The highest BCUT2D eigenvalue weighted by atomic mass is 35.5. The van der Waals surface area contributed by atoms with Crippen molar-refractivity contribution >= 4 is 34.0 Å². The molecule has 0 aliphatic heterocycles. The van der Waals surface area contributed by atoms with E-state index < -0.39 is 0 Å². The van der Waals surface area contributed by atoms with Gasteiger partial charge in [0.15, 0.2) is 0 Å². The quantitative estimate of drug-likeness (QED) is 0.918. The van der Waals surface area contributed by atoms with E-state index in [1.165, 1.54) is 11.3 Å². The third-order valence-corrected chi connectivity index (χ3v) is 3.69. The lowest BCUT2D eigenvalue weighted by Gasteiger charge is -2.01. The summed E-state index contributed by atoms with van der Waals surface area (Å²) in [6.07, 6.45) is 1.18. The molecule has 4 nitrogen and oxygen atoms in total. The van der Waals surface area contributed by atoms with Crippen molar-refractivity contribution in [2.45, 2.75) is 26.7 Å². The zero-order valence-corrected chi connectivity index (χ0v) is 13.0. The van der Waals surface area contributed by atoms with Gasteiger partial charge in [0.2, 0.25) is 11.0 Å². The molecule has 0 saturated carbocycles. The van der Waals surface area contributed by atoms with E-state index in [0.29, 0.717) is 22.5 Å². The second-order valence-electron chi connectivity index (χ2n) is 4.95. The van der Waals surface area contributed by atoms with Gasteiger partial charge in [-0.1, -0.05) is 48.9 Å². The first-order valence-corrected chi connectivity index (χ1v) is 7.59. The topological polar surface area (TPSA) is 54.9 Å². The molecule has 0 fully saturated rings. The first-order chi connectivity index (χ1) is 9.52. The van der Waals surface area contributed by atoms with Crippen LogP contribution in [0.2, 0.25) is 5.02 Å². The van der Waals surface area contributed by atoms with Crippen LogP contribution in [0.25, 0.3) is 0 Å². The summed E-state index contributed by atoms with van der Waals surface area (Å²) in [4.78, 5) is 11.9. The third kappa shape index (κ3) is 4.58. The van der Waals surface area contributed by atoms with Gasteiger partial charge in [-0.15, -0.1) is 10.2 Å². The van der Waals surface area contributed by atoms with Crippen LogP contribution in [-0.2, 0) is 17.6 Å². The minimum absolute atomic E-state index is 0.0976. The van der Waals surface area contributed by atoms with Gasteiger partial charge < -0.3 is 5.32 Å². The number of halogens is 1. The molecule has 1 heterocycles. The highest BCUT2D eigenvalue weighted by Gasteiger charge is 2.10. The lowest BCUT2D eigenvalue weighted by molar-refractivity contribution is -0.115. The van der Waals surface area contributed by atoms with Crippen molar-refractivity contribution in [2.24, 2.45) is 5.92 Å². The zero-order chi connectivity index (χ0) is 14.5. The van der Waals surface area contributed by atoms with Gasteiger partial charge in [0, 0.05) is 11.4 Å². The number of hydrogen-bond acceptors (Lipinski definition) is 4. The molecule has 0 atom stereocenters. The summed E-state index contributed by atoms with van der Waals surface area (Å²) in [5.74, 6) is 0.431. The molecular weight excluding hydrogens is 294 g/mol. The Hall–Kier alpha value is -1.46. The summed E-state index contributed by atoms with van der Waals surface area (Å²) in [5.41, 5.74) is 0.916. The van der Waals surface area contributed by atoms with Crippen LogP contribution in [0.4, 0.5) is 5.13 Å². The molecule has 2 aromatic rings. The van der Waals surface area contributed by atoms with Crippen molar-refractivity contribution < 1.29 is 4.79 Å². The number of nitrogens with zero attached hydrogens (tertiary/aromatic N) is 2. The van der Waals surface area contributed by atoms with Gasteiger partial charge in [-0.2, -0.15) is 0 Å². The van der Waals surface area contributed by atoms with E-state index >= 15 is 0 Å². The lowest BCUT2D eigenvalue weighted by Crippen LogP contribution is -2.14. The van der Waals surface area contributed by atoms with Gasteiger partial charge in [-0.25, -0.2) is 0 Å². The molecule has 0 aliphatic rings. The number of amides is 1. The van der Waals surface area contributed by atoms with E-state index in [4.69, 9.17) is 11.6 Å². The van der Waals surface area contributed by atoms with Gasteiger partial charge in [0.1, 0.15) is 5.01 Å². The van der Waals surface area contributed by atoms with Crippen LogP contribution in [-0.4, -0.2) is 16.1 Å². The van der Waals surface area contributed by atoms with Crippen LogP contribution < -0.4 is 5.32 Å². The number of hydrogen-bond donors (Lipinski definition) is 1. The first-order valence-electron chi connectivity index (χ1n) is 6.39. The number of carbonyl (C=O) groups excluding carboxylic acids is 1. The molecule has 2 rings (SSSR count). The maximum Gasteiger partial charge on any atom is 0.230 e. The van der Waals surface area contributed by atoms with E-state index in [0.717, 1.165) is 17.0 Å². The summed E-state index contributed by atoms with van der Waals surface area (Å²) in [6.45, 7) is 4.25. The lowest BCUT2D eigenvalue weighted by atomic mass is 10.1. The third-order valence-electron chi connectivity index (χ3n) is 2.57. The summed E-state index contributed by atoms with van der Waals surface area (Å²) in [7, 11) is 0. The number of carbonyl (C=O) groups is 1. The molecule has 1 aromatic heterocycles. The Morgan fingerprint density at radius 1 is 1.30 bits per heavy atom. The van der Waals surface area contributed by atoms with Gasteiger partial charge >= 0.3 is 0 Å². The van der Waals surface area contributed by atoms with E-state index in [-0.39, 0.29) is 5.91 Å². The van der Waals surface area contributed by atoms with Crippen LogP contribution in [0.3, 0.4) is 0 Å². The predicted octanol–water partition coefficient (Wildman–Crippen LogP) is 3.57. The SMILES string of the molecule is CC(C)Cc1nnc(NC(=O)Cc2ccc(Cl)cc2)s1. The van der Waals surface area contributed by atoms with Crippen molar-refractivity contribution in [1.82, 2.24) is 10.2 Å². The number of nitrogens with one attached hydrogen (secondary N) is 1. The van der Waals surface area contributed by atoms with Crippen LogP contribution in [0.15, 0.2) is 24.3 Å². The van der Waals surface area contributed by atoms with Gasteiger partial charge in [-0.05, 0) is 23.6 Å². The molecule has 0 saturated heterocycles. The van der Waals surface area contributed by atoms with Gasteiger partial charge in [0.05, 0.1) is 6.42 Å². The highest BCUT2D eigenvalue weighted by Crippen LogP contribution is 2.18. The molecule has 0 bridgehead atoms. The van der Waals surface area contributed by atoms with Crippen molar-refractivity contribution in [3.05, 3.63) is 39.9 Å². The Morgan fingerprint density at radius 3 is 2.65 bits per heavy atom. The smallest absolute Gasteiger partial charge is 0.230 e. The molecule has 1 N–H and O–H groups in total. The van der Waals surface area contributed by atoms with Crippen LogP contribution >= 0.6 is 22.9 Å². The summed E-state index contributed by atoms with van der Waals surface area (Å²) in [5, 5.41) is 13.0. The molecule has 1 aromatic carbocycles. The molecule has 0 radical (unpaired) electrons. The Morgan fingerprint density at radius 2 is 2.00 bits per heavy atom. The first kappa shape index (κ1) is 14.9. The van der Waals surface area contributed by atoms with Crippen LogP contribution in [0.1, 0.15) is 24.4 Å². The zero-order valence-electron chi connectivity index (χ0n) is 11.4. The maximum absolute atomic E-state index is 11.9. The van der Waals surface area contributed by atoms with Crippen molar-refractivity contribution in [2.75, 3.05) is 5.32 Å². The van der Waals surface area contributed by atoms with E-state index in [2.05, 4.69) is 29.4 Å². The normalized spacial score (nSPS) is 10.8. The minimum Gasteiger partial charge on any atom is -0.300 e. The number of aromatic nitrogens is 2. The Kier molecular flexibility index (Phi) is 5.09. The number of benzene rings is 1. The average molecular weight is 310 g/mol. The maximum atomic E-state index is 11.9. The molecule has 106 valence electrons. The fourth-order valence-corrected chi connectivity index (χ4v) is 2.78. The van der Waals surface area contributed by atoms with E-state index in [1.54, 1.807) is 12.1 Å². The predicted molar refractivity (Wildman–Crippen MR) is 82.2 cm³/mol. The average Bonchev–Trinajstić information content (AvgIpc) is 2.78. The number of rotatable bonds is 5. The molecule has 0 aliphatic carbocycles. The van der Waals surface area contributed by atoms with Gasteiger partial charge in [0.25, 0.3) is 0 Å². The van der Waals surface area contributed by atoms with Gasteiger partial charge in [-0.3, -0.25) is 4.79 Å². The molecule has 0 unspecified atom stereocenters. The highest BCUT2D eigenvalue weighted by molar-refractivity contribution is 7.15.